The first-order valence-corrected chi connectivity index (χ1v) is 8.01. The quantitative estimate of drug-likeness (QED) is 0.584. The van der Waals surface area contributed by atoms with Gasteiger partial charge in [-0.3, -0.25) is 4.98 Å². The van der Waals surface area contributed by atoms with Crippen LogP contribution in [0, 0.1) is 11.6 Å². The second-order valence-corrected chi connectivity index (χ2v) is 5.75. The molecule has 0 spiro atoms. The summed E-state index contributed by atoms with van der Waals surface area (Å²) in [6.07, 6.45) is 3.40. The summed E-state index contributed by atoms with van der Waals surface area (Å²) in [6.45, 7) is 0. The average molecular weight is 348 g/mol. The van der Waals surface area contributed by atoms with Gasteiger partial charge in [0.1, 0.15) is 5.82 Å². The second-order valence-electron chi connectivity index (χ2n) is 5.75. The summed E-state index contributed by atoms with van der Waals surface area (Å²) in [6, 6.07) is 13.1. The monoisotopic (exact) mass is 348 g/mol. The van der Waals surface area contributed by atoms with E-state index < -0.39 is 11.6 Å². The van der Waals surface area contributed by atoms with E-state index in [4.69, 9.17) is 0 Å². The minimum atomic E-state index is -0.875. The number of nitrogens with zero attached hydrogens (tertiary/aromatic N) is 3. The molecule has 4 nitrogen and oxygen atoms in total. The van der Waals surface area contributed by atoms with Crippen LogP contribution in [-0.4, -0.2) is 22.0 Å². The van der Waals surface area contributed by atoms with Crippen LogP contribution in [0.25, 0.3) is 33.4 Å². The summed E-state index contributed by atoms with van der Waals surface area (Å²) in [4.78, 5) is 13.3. The zero-order valence-electron chi connectivity index (χ0n) is 13.9. The number of benzene rings is 2. The fourth-order valence-electron chi connectivity index (χ4n) is 2.80. The van der Waals surface area contributed by atoms with E-state index in [1.54, 1.807) is 25.5 Å². The van der Waals surface area contributed by atoms with Crippen molar-refractivity contribution < 1.29 is 8.78 Å². The molecule has 0 radical (unpaired) electrons. The summed E-state index contributed by atoms with van der Waals surface area (Å²) in [7, 11) is 1.78. The second kappa shape index (κ2) is 6.48. The molecule has 0 fully saturated rings. The molecule has 4 aromatic rings. The van der Waals surface area contributed by atoms with Gasteiger partial charge < -0.3 is 5.32 Å². The molecule has 2 aromatic heterocycles. The van der Waals surface area contributed by atoms with Gasteiger partial charge in [0.2, 0.25) is 0 Å². The molecular formula is C20H14F2N4. The molecule has 26 heavy (non-hydrogen) atoms. The topological polar surface area (TPSA) is 50.7 Å². The molecule has 4 rings (SSSR count). The summed E-state index contributed by atoms with van der Waals surface area (Å²) in [5.74, 6) is -0.525. The molecule has 6 heteroatoms. The minimum absolute atomic E-state index is 0.565. The molecule has 0 unspecified atom stereocenters. The molecule has 0 saturated heterocycles. The van der Waals surface area contributed by atoms with E-state index in [9.17, 15) is 8.78 Å². The molecule has 2 aromatic carbocycles. The largest absolute Gasteiger partial charge is 0.373 e. The number of halogens is 2. The van der Waals surface area contributed by atoms with Crippen LogP contribution in [0.15, 0.2) is 60.9 Å². The number of nitrogens with one attached hydrogen (secondary N) is 1. The van der Waals surface area contributed by atoms with Crippen LogP contribution >= 0.6 is 0 Å². The fourth-order valence-corrected chi connectivity index (χ4v) is 2.80. The van der Waals surface area contributed by atoms with Gasteiger partial charge >= 0.3 is 0 Å². The average Bonchev–Trinajstić information content (AvgIpc) is 2.69. The third kappa shape index (κ3) is 2.86. The number of fused-ring (bicyclic) bond motifs is 1. The third-order valence-corrected chi connectivity index (χ3v) is 4.11. The zero-order chi connectivity index (χ0) is 18.1. The number of hydrogen-bond acceptors (Lipinski definition) is 4. The fraction of sp³-hybridized carbons (Fsp3) is 0.0500. The van der Waals surface area contributed by atoms with Crippen molar-refractivity contribution in [1.29, 1.82) is 0 Å². The molecule has 0 aliphatic heterocycles. The van der Waals surface area contributed by atoms with Crippen molar-refractivity contribution in [1.82, 2.24) is 15.0 Å². The Morgan fingerprint density at radius 2 is 1.65 bits per heavy atom. The molecule has 128 valence electrons. The number of pyridine rings is 1. The molecule has 0 aliphatic rings. The Balaban J connectivity index is 1.87. The lowest BCUT2D eigenvalue weighted by Crippen LogP contribution is -1.99. The molecule has 1 N–H and O–H groups in total. The van der Waals surface area contributed by atoms with Gasteiger partial charge in [-0.25, -0.2) is 18.7 Å². The Kier molecular flexibility index (Phi) is 4.01. The van der Waals surface area contributed by atoms with E-state index in [-0.39, 0.29) is 0 Å². The molecule has 0 aliphatic carbocycles. The summed E-state index contributed by atoms with van der Waals surface area (Å²) >= 11 is 0. The summed E-state index contributed by atoms with van der Waals surface area (Å²) < 4.78 is 26.7. The van der Waals surface area contributed by atoms with Crippen LogP contribution < -0.4 is 5.32 Å². The van der Waals surface area contributed by atoms with Crippen molar-refractivity contribution in [2.24, 2.45) is 0 Å². The Morgan fingerprint density at radius 3 is 2.38 bits per heavy atom. The smallest absolute Gasteiger partial charge is 0.163 e. The van der Waals surface area contributed by atoms with E-state index in [2.05, 4.69) is 20.3 Å². The number of aromatic nitrogens is 3. The lowest BCUT2D eigenvalue weighted by atomic mass is 10.0. The first-order valence-electron chi connectivity index (χ1n) is 8.01. The van der Waals surface area contributed by atoms with Crippen LogP contribution in [0.3, 0.4) is 0 Å². The van der Waals surface area contributed by atoms with E-state index in [1.165, 1.54) is 6.07 Å². The van der Waals surface area contributed by atoms with Crippen LogP contribution in [0.2, 0.25) is 0 Å². The molecule has 2 heterocycles. The first kappa shape index (κ1) is 16.1. The highest BCUT2D eigenvalue weighted by atomic mass is 19.2. The van der Waals surface area contributed by atoms with Crippen LogP contribution in [0.4, 0.5) is 14.6 Å². The van der Waals surface area contributed by atoms with Crippen LogP contribution in [0.5, 0.6) is 0 Å². The maximum atomic E-state index is 13.5. The summed E-state index contributed by atoms with van der Waals surface area (Å²) in [5.41, 5.74) is 2.90. The number of hydrogen-bond donors (Lipinski definition) is 1. The molecule has 0 amide bonds. The first-order chi connectivity index (χ1) is 12.7. The molecular weight excluding hydrogens is 334 g/mol. The maximum Gasteiger partial charge on any atom is 0.163 e. The van der Waals surface area contributed by atoms with Crippen molar-refractivity contribution in [3.8, 4) is 22.5 Å². The Bertz CT molecular complexity index is 1100. The highest BCUT2D eigenvalue weighted by Crippen LogP contribution is 2.29. The normalized spacial score (nSPS) is 10.9. The van der Waals surface area contributed by atoms with E-state index in [0.29, 0.717) is 17.2 Å². The zero-order valence-corrected chi connectivity index (χ0v) is 13.9. The standard InChI is InChI=1S/C20H14F2N4/c1-23-20-15-9-12(13-4-6-16(21)17(22)10-13)5-7-18(15)25-19(26-20)14-3-2-8-24-11-14/h2-11H,1H3,(H,23,25,26). The van der Waals surface area contributed by atoms with Gasteiger partial charge in [-0.15, -0.1) is 0 Å². The van der Waals surface area contributed by atoms with Crippen LogP contribution in [0.1, 0.15) is 0 Å². The highest BCUT2D eigenvalue weighted by molar-refractivity contribution is 5.93. The lowest BCUT2D eigenvalue weighted by molar-refractivity contribution is 0.509. The lowest BCUT2D eigenvalue weighted by Gasteiger charge is -2.10. The van der Waals surface area contributed by atoms with Gasteiger partial charge in [-0.2, -0.15) is 0 Å². The Morgan fingerprint density at radius 1 is 0.846 bits per heavy atom. The van der Waals surface area contributed by atoms with E-state index in [1.807, 2.05) is 30.3 Å². The Labute approximate surface area is 148 Å². The molecule has 0 atom stereocenters. The SMILES string of the molecule is CNc1nc(-c2cccnc2)nc2ccc(-c3ccc(F)c(F)c3)cc12. The van der Waals surface area contributed by atoms with Gasteiger partial charge in [0.05, 0.1) is 5.52 Å². The third-order valence-electron chi connectivity index (χ3n) is 4.11. The number of rotatable bonds is 3. The van der Waals surface area contributed by atoms with Crippen molar-refractivity contribution in [2.75, 3.05) is 12.4 Å². The van der Waals surface area contributed by atoms with Crippen molar-refractivity contribution in [3.05, 3.63) is 72.6 Å². The maximum absolute atomic E-state index is 13.5. The van der Waals surface area contributed by atoms with Crippen LogP contribution in [-0.2, 0) is 0 Å². The van der Waals surface area contributed by atoms with Gasteiger partial charge in [-0.05, 0) is 47.5 Å². The predicted molar refractivity (Wildman–Crippen MR) is 97.7 cm³/mol. The van der Waals surface area contributed by atoms with E-state index in [0.717, 1.165) is 28.1 Å². The van der Waals surface area contributed by atoms with Gasteiger partial charge in [0.15, 0.2) is 17.5 Å². The van der Waals surface area contributed by atoms with E-state index >= 15 is 0 Å². The predicted octanol–water partition coefficient (Wildman–Crippen LogP) is 4.68. The summed E-state index contributed by atoms with van der Waals surface area (Å²) in [5, 5.41) is 3.87. The minimum Gasteiger partial charge on any atom is -0.373 e. The van der Waals surface area contributed by atoms with Gasteiger partial charge in [0, 0.05) is 30.4 Å². The van der Waals surface area contributed by atoms with Crippen molar-refractivity contribution in [2.45, 2.75) is 0 Å². The molecule has 0 saturated carbocycles. The van der Waals surface area contributed by atoms with Crippen molar-refractivity contribution in [3.63, 3.8) is 0 Å². The Hall–Kier alpha value is -3.41. The van der Waals surface area contributed by atoms with Crippen molar-refractivity contribution >= 4 is 16.7 Å². The van der Waals surface area contributed by atoms with Gasteiger partial charge in [-0.1, -0.05) is 12.1 Å². The highest BCUT2D eigenvalue weighted by Gasteiger charge is 2.11. The molecule has 0 bridgehead atoms. The van der Waals surface area contributed by atoms with Gasteiger partial charge in [0.25, 0.3) is 0 Å². The number of anilines is 1.